The second-order valence-electron chi connectivity index (χ2n) is 8.63. The van der Waals surface area contributed by atoms with Gasteiger partial charge in [-0.2, -0.15) is 4.99 Å². The summed E-state index contributed by atoms with van der Waals surface area (Å²) in [5, 5.41) is 1.56. The van der Waals surface area contributed by atoms with E-state index in [-0.39, 0.29) is 11.3 Å². The van der Waals surface area contributed by atoms with Crippen LogP contribution in [0, 0.1) is 0 Å². The summed E-state index contributed by atoms with van der Waals surface area (Å²) >= 11 is 7.47. The highest BCUT2D eigenvalue weighted by molar-refractivity contribution is 8.18. The smallest absolute Gasteiger partial charge is 0.286 e. The van der Waals surface area contributed by atoms with Crippen molar-refractivity contribution in [2.75, 3.05) is 31.1 Å². The van der Waals surface area contributed by atoms with Gasteiger partial charge < -0.3 is 9.80 Å². The molecule has 2 aliphatic rings. The summed E-state index contributed by atoms with van der Waals surface area (Å²) in [6, 6.07) is 16.4. The minimum atomic E-state index is -0.143. The largest absolute Gasteiger partial charge is 0.368 e. The van der Waals surface area contributed by atoms with E-state index in [2.05, 4.69) is 72.0 Å². The standard InChI is InChI=1S/C24H26ClN3OS/c1-24(2,3)18-6-4-17(5-7-18)16-21-22(29)26-23(30-21)28-14-12-27(13-15-28)20-10-8-19(25)9-11-20/h4-11,16H,12-15H2,1-3H3/b21-16-. The number of carbonyl (C=O) groups excluding carboxylic acids is 1. The lowest BCUT2D eigenvalue weighted by molar-refractivity contribution is -0.113. The number of hydrogen-bond donors (Lipinski definition) is 0. The third-order valence-corrected chi connectivity index (χ3v) is 6.72. The van der Waals surface area contributed by atoms with Crippen molar-refractivity contribution in [3.63, 3.8) is 0 Å². The molecule has 4 rings (SSSR count). The van der Waals surface area contributed by atoms with E-state index in [1.165, 1.54) is 23.0 Å². The zero-order chi connectivity index (χ0) is 21.3. The second kappa shape index (κ2) is 8.48. The zero-order valence-electron chi connectivity index (χ0n) is 17.6. The van der Waals surface area contributed by atoms with E-state index >= 15 is 0 Å². The Morgan fingerprint density at radius 3 is 2.13 bits per heavy atom. The molecule has 2 aromatic rings. The summed E-state index contributed by atoms with van der Waals surface area (Å²) in [5.41, 5.74) is 3.61. The Labute approximate surface area is 187 Å². The van der Waals surface area contributed by atoms with Crippen molar-refractivity contribution in [1.82, 2.24) is 4.90 Å². The van der Waals surface area contributed by atoms with Gasteiger partial charge in [0.05, 0.1) is 4.91 Å². The van der Waals surface area contributed by atoms with Gasteiger partial charge in [-0.1, -0.05) is 56.6 Å². The molecule has 156 valence electrons. The molecule has 2 aliphatic heterocycles. The quantitative estimate of drug-likeness (QED) is 0.584. The summed E-state index contributed by atoms with van der Waals surface area (Å²) in [7, 11) is 0. The molecule has 2 heterocycles. The van der Waals surface area contributed by atoms with Gasteiger partial charge in [0.2, 0.25) is 0 Å². The molecule has 6 heteroatoms. The molecule has 0 aromatic heterocycles. The van der Waals surface area contributed by atoms with Gasteiger partial charge in [0.25, 0.3) is 5.91 Å². The molecule has 1 fully saturated rings. The number of aliphatic imine (C=N–C) groups is 1. The number of amides is 1. The summed E-state index contributed by atoms with van der Waals surface area (Å²) < 4.78 is 0. The van der Waals surface area contributed by atoms with Gasteiger partial charge >= 0.3 is 0 Å². The summed E-state index contributed by atoms with van der Waals surface area (Å²) in [6.07, 6.45) is 1.94. The fraction of sp³-hybridized carbons (Fsp3) is 0.333. The number of piperazine rings is 1. The van der Waals surface area contributed by atoms with Gasteiger partial charge in [-0.05, 0) is 58.6 Å². The molecule has 1 saturated heterocycles. The highest BCUT2D eigenvalue weighted by atomic mass is 35.5. The Hall–Kier alpha value is -2.24. The summed E-state index contributed by atoms with van der Waals surface area (Å²) in [5.74, 6) is -0.143. The predicted octanol–water partition coefficient (Wildman–Crippen LogP) is 5.43. The summed E-state index contributed by atoms with van der Waals surface area (Å²) in [4.78, 5) is 22.0. The van der Waals surface area contributed by atoms with Crippen LogP contribution >= 0.6 is 23.4 Å². The van der Waals surface area contributed by atoms with Crippen molar-refractivity contribution in [2.24, 2.45) is 4.99 Å². The van der Waals surface area contributed by atoms with Crippen molar-refractivity contribution in [1.29, 1.82) is 0 Å². The molecule has 4 nitrogen and oxygen atoms in total. The fourth-order valence-electron chi connectivity index (χ4n) is 3.57. The van der Waals surface area contributed by atoms with Crippen LogP contribution in [-0.4, -0.2) is 42.2 Å². The number of rotatable bonds is 2. The molecular formula is C24H26ClN3OS. The zero-order valence-corrected chi connectivity index (χ0v) is 19.1. The van der Waals surface area contributed by atoms with Crippen LogP contribution in [0.25, 0.3) is 6.08 Å². The van der Waals surface area contributed by atoms with Crippen LogP contribution in [-0.2, 0) is 10.2 Å². The Bertz CT molecular complexity index is 983. The number of benzene rings is 2. The SMILES string of the molecule is CC(C)(C)c1ccc(/C=C2\SC(N3CCN(c4ccc(Cl)cc4)CC3)=NC2=O)cc1. The maximum absolute atomic E-state index is 12.4. The third kappa shape index (κ3) is 4.73. The normalized spacial score (nSPS) is 18.9. The Morgan fingerprint density at radius 1 is 0.933 bits per heavy atom. The van der Waals surface area contributed by atoms with Gasteiger partial charge in [0, 0.05) is 36.9 Å². The first-order chi connectivity index (χ1) is 14.3. The monoisotopic (exact) mass is 439 g/mol. The Balaban J connectivity index is 1.38. The average Bonchev–Trinajstić information content (AvgIpc) is 3.09. The summed E-state index contributed by atoms with van der Waals surface area (Å²) in [6.45, 7) is 10.1. The van der Waals surface area contributed by atoms with Crippen LogP contribution in [0.3, 0.4) is 0 Å². The fourth-order valence-corrected chi connectivity index (χ4v) is 4.66. The molecule has 1 amide bonds. The number of carbonyl (C=O) groups is 1. The molecule has 0 radical (unpaired) electrons. The van der Waals surface area contributed by atoms with E-state index in [0.29, 0.717) is 4.91 Å². The van der Waals surface area contributed by atoms with Gasteiger partial charge in [0.1, 0.15) is 0 Å². The van der Waals surface area contributed by atoms with Crippen LogP contribution in [0.4, 0.5) is 5.69 Å². The molecule has 0 spiro atoms. The number of hydrogen-bond acceptors (Lipinski definition) is 4. The van der Waals surface area contributed by atoms with E-state index in [4.69, 9.17) is 11.6 Å². The van der Waals surface area contributed by atoms with Gasteiger partial charge in [0.15, 0.2) is 5.17 Å². The highest BCUT2D eigenvalue weighted by Crippen LogP contribution is 2.32. The molecule has 0 unspecified atom stereocenters. The molecule has 0 atom stereocenters. The van der Waals surface area contributed by atoms with Crippen molar-refractivity contribution >= 4 is 46.2 Å². The van der Waals surface area contributed by atoms with Crippen molar-refractivity contribution in [2.45, 2.75) is 26.2 Å². The maximum atomic E-state index is 12.4. The maximum Gasteiger partial charge on any atom is 0.286 e. The lowest BCUT2D eigenvalue weighted by atomic mass is 9.87. The van der Waals surface area contributed by atoms with Crippen LogP contribution in [0.1, 0.15) is 31.9 Å². The lowest BCUT2D eigenvalue weighted by Gasteiger charge is -2.36. The molecule has 30 heavy (non-hydrogen) atoms. The van der Waals surface area contributed by atoms with E-state index in [0.717, 1.165) is 41.9 Å². The van der Waals surface area contributed by atoms with Crippen LogP contribution in [0.15, 0.2) is 58.4 Å². The molecule has 0 bridgehead atoms. The first-order valence-electron chi connectivity index (χ1n) is 10.2. The first-order valence-corrected chi connectivity index (χ1v) is 11.4. The van der Waals surface area contributed by atoms with Crippen LogP contribution in [0.5, 0.6) is 0 Å². The predicted molar refractivity (Wildman–Crippen MR) is 128 cm³/mol. The van der Waals surface area contributed by atoms with Crippen molar-refractivity contribution in [3.8, 4) is 0 Å². The number of nitrogens with zero attached hydrogens (tertiary/aromatic N) is 3. The van der Waals surface area contributed by atoms with Gasteiger partial charge in [-0.25, -0.2) is 0 Å². The van der Waals surface area contributed by atoms with E-state index in [1.807, 2.05) is 18.2 Å². The van der Waals surface area contributed by atoms with Crippen molar-refractivity contribution in [3.05, 3.63) is 69.6 Å². The van der Waals surface area contributed by atoms with E-state index in [1.54, 1.807) is 0 Å². The topological polar surface area (TPSA) is 35.9 Å². The van der Waals surface area contributed by atoms with E-state index < -0.39 is 0 Å². The molecule has 2 aromatic carbocycles. The lowest BCUT2D eigenvalue weighted by Crippen LogP contribution is -2.47. The van der Waals surface area contributed by atoms with Gasteiger partial charge in [-0.3, -0.25) is 4.79 Å². The number of anilines is 1. The Kier molecular flexibility index (Phi) is 5.94. The van der Waals surface area contributed by atoms with Gasteiger partial charge in [-0.15, -0.1) is 0 Å². The number of thioether (sulfide) groups is 1. The molecule has 0 aliphatic carbocycles. The molecular weight excluding hydrogens is 414 g/mol. The van der Waals surface area contributed by atoms with Crippen LogP contribution < -0.4 is 4.90 Å². The molecule has 0 N–H and O–H groups in total. The van der Waals surface area contributed by atoms with E-state index in [9.17, 15) is 4.79 Å². The highest BCUT2D eigenvalue weighted by Gasteiger charge is 2.28. The molecule has 0 saturated carbocycles. The third-order valence-electron chi connectivity index (χ3n) is 5.43. The minimum Gasteiger partial charge on any atom is -0.368 e. The van der Waals surface area contributed by atoms with Crippen LogP contribution in [0.2, 0.25) is 5.02 Å². The van der Waals surface area contributed by atoms with Crippen molar-refractivity contribution < 1.29 is 4.79 Å². The minimum absolute atomic E-state index is 0.119. The second-order valence-corrected chi connectivity index (χ2v) is 10.1. The number of halogens is 1. The number of amidine groups is 1. The first kappa shape index (κ1) is 21.0. The Morgan fingerprint density at radius 2 is 1.53 bits per heavy atom. The average molecular weight is 440 g/mol.